The van der Waals surface area contributed by atoms with Crippen LogP contribution in [0.1, 0.15) is 37.7 Å². The van der Waals surface area contributed by atoms with Crippen molar-refractivity contribution in [2.45, 2.75) is 44.1 Å². The second-order valence-corrected chi connectivity index (χ2v) is 7.00. The van der Waals surface area contributed by atoms with Gasteiger partial charge in [0.15, 0.2) is 0 Å². The highest BCUT2D eigenvalue weighted by atomic mass is 35.5. The third-order valence-corrected chi connectivity index (χ3v) is 5.06. The molecule has 2 aliphatic rings. The maximum absolute atomic E-state index is 12.6. The Morgan fingerprint density at radius 3 is 2.58 bits per heavy atom. The van der Waals surface area contributed by atoms with Gasteiger partial charge in [0.25, 0.3) is 5.91 Å². The fraction of sp³-hybridized carbons (Fsp3) is 0.438. The third kappa shape index (κ3) is 3.21. The van der Waals surface area contributed by atoms with Gasteiger partial charge in [0, 0.05) is 10.0 Å². The van der Waals surface area contributed by atoms with E-state index in [0.29, 0.717) is 28.5 Å². The number of rotatable bonds is 3. The summed E-state index contributed by atoms with van der Waals surface area (Å²) in [6.07, 6.45) is 3.97. The number of hydrogen-bond donors (Lipinski definition) is 2. The molecule has 1 spiro atoms. The number of halogens is 2. The predicted octanol–water partition coefficient (Wildman–Crippen LogP) is 2.82. The Hall–Kier alpha value is -1.79. The van der Waals surface area contributed by atoms with E-state index < -0.39 is 17.5 Å². The molecule has 1 aliphatic heterocycles. The van der Waals surface area contributed by atoms with Crippen LogP contribution in [0.25, 0.3) is 0 Å². The molecule has 1 saturated carbocycles. The average molecular weight is 370 g/mol. The number of benzene rings is 1. The fourth-order valence-corrected chi connectivity index (χ4v) is 3.69. The second-order valence-electron chi connectivity index (χ2n) is 6.16. The molecule has 2 N–H and O–H groups in total. The van der Waals surface area contributed by atoms with Crippen molar-refractivity contribution in [3.63, 3.8) is 0 Å². The zero-order valence-electron chi connectivity index (χ0n) is 12.9. The molecule has 0 atom stereocenters. The molecule has 1 saturated heterocycles. The van der Waals surface area contributed by atoms with Crippen molar-refractivity contribution in [2.75, 3.05) is 0 Å². The van der Waals surface area contributed by atoms with Crippen molar-refractivity contribution >= 4 is 41.0 Å². The number of nitrogens with one attached hydrogen (secondary N) is 2. The molecular weight excluding hydrogens is 353 g/mol. The van der Waals surface area contributed by atoms with Gasteiger partial charge in [-0.1, -0.05) is 48.5 Å². The molecule has 6 nitrogen and oxygen atoms in total. The first kappa shape index (κ1) is 17.0. The number of imide groups is 1. The molecule has 0 bridgehead atoms. The number of carbonyl (C=O) groups excluding carboxylic acids is 3. The van der Waals surface area contributed by atoms with Crippen molar-refractivity contribution < 1.29 is 14.4 Å². The van der Waals surface area contributed by atoms with Gasteiger partial charge in [0.2, 0.25) is 5.91 Å². The van der Waals surface area contributed by atoms with Crippen LogP contribution in [-0.4, -0.2) is 28.4 Å². The van der Waals surface area contributed by atoms with Gasteiger partial charge in [-0.3, -0.25) is 15.0 Å². The molecule has 24 heavy (non-hydrogen) atoms. The molecule has 0 unspecified atom stereocenters. The van der Waals surface area contributed by atoms with E-state index in [-0.39, 0.29) is 12.3 Å². The molecule has 4 amide bonds. The number of hydrogen-bond acceptors (Lipinski definition) is 3. The van der Waals surface area contributed by atoms with Gasteiger partial charge in [-0.25, -0.2) is 4.79 Å². The summed E-state index contributed by atoms with van der Waals surface area (Å²) in [5.74, 6) is -0.877. The first-order valence-corrected chi connectivity index (χ1v) is 8.57. The van der Waals surface area contributed by atoms with Crippen LogP contribution < -0.4 is 10.7 Å². The molecule has 0 radical (unpaired) electrons. The quantitative estimate of drug-likeness (QED) is 0.804. The monoisotopic (exact) mass is 369 g/mol. The van der Waals surface area contributed by atoms with Gasteiger partial charge in [0.05, 0.1) is 6.42 Å². The van der Waals surface area contributed by atoms with E-state index in [1.54, 1.807) is 12.1 Å². The first-order chi connectivity index (χ1) is 11.4. The van der Waals surface area contributed by atoms with Crippen LogP contribution in [0.15, 0.2) is 18.2 Å². The third-order valence-electron chi connectivity index (χ3n) is 4.47. The molecule has 1 aromatic rings. The molecule has 1 aromatic carbocycles. The standard InChI is InChI=1S/C16H17Cl2N3O3/c17-11-5-4-10(12(18)9-11)8-13(22)20-21-14(23)16(19-15(21)24)6-2-1-3-7-16/h4-5,9H,1-3,6-8H2,(H,19,24)(H,20,22). The van der Waals surface area contributed by atoms with Crippen molar-refractivity contribution in [1.29, 1.82) is 0 Å². The SMILES string of the molecule is O=C(Cc1ccc(Cl)cc1Cl)NN1C(=O)NC2(CCCCC2)C1=O. The molecule has 128 valence electrons. The lowest BCUT2D eigenvalue weighted by molar-refractivity contribution is -0.139. The second kappa shape index (κ2) is 6.61. The lowest BCUT2D eigenvalue weighted by Crippen LogP contribution is -2.51. The number of urea groups is 1. The Kier molecular flexibility index (Phi) is 4.69. The smallest absolute Gasteiger partial charge is 0.322 e. The fourth-order valence-electron chi connectivity index (χ4n) is 3.22. The van der Waals surface area contributed by atoms with E-state index in [4.69, 9.17) is 23.2 Å². The van der Waals surface area contributed by atoms with E-state index >= 15 is 0 Å². The van der Waals surface area contributed by atoms with Crippen LogP contribution in [0, 0.1) is 0 Å². The van der Waals surface area contributed by atoms with E-state index in [1.165, 1.54) is 6.07 Å². The Bertz CT molecular complexity index is 702. The topological polar surface area (TPSA) is 78.5 Å². The van der Waals surface area contributed by atoms with Gasteiger partial charge >= 0.3 is 6.03 Å². The summed E-state index contributed by atoms with van der Waals surface area (Å²) in [6.45, 7) is 0. The number of hydrazine groups is 1. The molecular formula is C16H17Cl2N3O3. The summed E-state index contributed by atoms with van der Waals surface area (Å²) in [4.78, 5) is 36.9. The Balaban J connectivity index is 1.68. The summed E-state index contributed by atoms with van der Waals surface area (Å²) in [6, 6.07) is 4.22. The van der Waals surface area contributed by atoms with Crippen LogP contribution in [0.5, 0.6) is 0 Å². The zero-order valence-corrected chi connectivity index (χ0v) is 14.4. The van der Waals surface area contributed by atoms with Crippen molar-refractivity contribution in [1.82, 2.24) is 15.8 Å². The minimum atomic E-state index is -0.861. The number of carbonyl (C=O) groups is 3. The number of amides is 4. The summed E-state index contributed by atoms with van der Waals surface area (Å²) < 4.78 is 0. The van der Waals surface area contributed by atoms with Gasteiger partial charge < -0.3 is 5.32 Å². The van der Waals surface area contributed by atoms with Crippen molar-refractivity contribution in [3.05, 3.63) is 33.8 Å². The molecule has 1 aliphatic carbocycles. The van der Waals surface area contributed by atoms with E-state index in [9.17, 15) is 14.4 Å². The van der Waals surface area contributed by atoms with Crippen LogP contribution in [0.4, 0.5) is 4.79 Å². The first-order valence-electron chi connectivity index (χ1n) is 7.81. The highest BCUT2D eigenvalue weighted by Crippen LogP contribution is 2.33. The minimum Gasteiger partial charge on any atom is -0.322 e. The van der Waals surface area contributed by atoms with Gasteiger partial charge in [-0.05, 0) is 30.5 Å². The van der Waals surface area contributed by atoms with E-state index in [0.717, 1.165) is 24.3 Å². The number of nitrogens with zero attached hydrogens (tertiary/aromatic N) is 1. The Morgan fingerprint density at radius 2 is 1.92 bits per heavy atom. The maximum Gasteiger partial charge on any atom is 0.344 e. The highest BCUT2D eigenvalue weighted by molar-refractivity contribution is 6.35. The molecule has 8 heteroatoms. The van der Waals surface area contributed by atoms with Gasteiger partial charge in [0.1, 0.15) is 5.54 Å². The van der Waals surface area contributed by atoms with Crippen LogP contribution in [0.3, 0.4) is 0 Å². The van der Waals surface area contributed by atoms with Crippen molar-refractivity contribution in [2.24, 2.45) is 0 Å². The molecule has 0 aromatic heterocycles. The van der Waals surface area contributed by atoms with Gasteiger partial charge in [-0.2, -0.15) is 5.01 Å². The van der Waals surface area contributed by atoms with Crippen molar-refractivity contribution in [3.8, 4) is 0 Å². The zero-order chi connectivity index (χ0) is 17.3. The molecule has 3 rings (SSSR count). The Labute approximate surface area is 149 Å². The summed E-state index contributed by atoms with van der Waals surface area (Å²) in [5.41, 5.74) is 2.09. The molecule has 2 fully saturated rings. The largest absolute Gasteiger partial charge is 0.344 e. The normalized spacial score (nSPS) is 19.5. The summed E-state index contributed by atoms with van der Waals surface area (Å²) in [7, 11) is 0. The van der Waals surface area contributed by atoms with Crippen LogP contribution >= 0.6 is 23.2 Å². The van der Waals surface area contributed by atoms with E-state index in [1.807, 2.05) is 0 Å². The van der Waals surface area contributed by atoms with Gasteiger partial charge in [-0.15, -0.1) is 0 Å². The molecule has 1 heterocycles. The van der Waals surface area contributed by atoms with Crippen LogP contribution in [0.2, 0.25) is 10.0 Å². The average Bonchev–Trinajstić information content (AvgIpc) is 2.75. The lowest BCUT2D eigenvalue weighted by atomic mass is 9.82. The van der Waals surface area contributed by atoms with Crippen LogP contribution in [-0.2, 0) is 16.0 Å². The summed E-state index contributed by atoms with van der Waals surface area (Å²) >= 11 is 11.9. The minimum absolute atomic E-state index is 0.0555. The van der Waals surface area contributed by atoms with E-state index in [2.05, 4.69) is 10.7 Å². The highest BCUT2D eigenvalue weighted by Gasteiger charge is 2.52. The Morgan fingerprint density at radius 1 is 1.21 bits per heavy atom. The summed E-state index contributed by atoms with van der Waals surface area (Å²) in [5, 5.41) is 4.36. The predicted molar refractivity (Wildman–Crippen MR) is 89.5 cm³/mol. The lowest BCUT2D eigenvalue weighted by Gasteiger charge is -2.30. The maximum atomic E-state index is 12.6.